The second kappa shape index (κ2) is 11.4. The summed E-state index contributed by atoms with van der Waals surface area (Å²) in [7, 11) is 3.80. The van der Waals surface area contributed by atoms with Crippen molar-refractivity contribution in [1.82, 2.24) is 4.90 Å². The largest absolute Gasteiger partial charge is 0.416 e. The van der Waals surface area contributed by atoms with E-state index in [4.69, 9.17) is 0 Å². The van der Waals surface area contributed by atoms with Gasteiger partial charge in [-0.2, -0.15) is 13.2 Å². The van der Waals surface area contributed by atoms with Gasteiger partial charge in [0.1, 0.15) is 12.0 Å². The summed E-state index contributed by atoms with van der Waals surface area (Å²) >= 11 is 0. The Balaban J connectivity index is 1.72. The van der Waals surface area contributed by atoms with Crippen LogP contribution in [0.3, 0.4) is 0 Å². The molecule has 0 aliphatic carbocycles. The first-order valence-electron chi connectivity index (χ1n) is 12.8. The van der Waals surface area contributed by atoms with Gasteiger partial charge in [0.25, 0.3) is 0 Å². The zero-order valence-corrected chi connectivity index (χ0v) is 22.4. The summed E-state index contributed by atoms with van der Waals surface area (Å²) < 4.78 is 55.3. The van der Waals surface area contributed by atoms with Gasteiger partial charge < -0.3 is 15.3 Å². The number of likely N-dealkylation sites (tertiary alicyclic amines) is 1. The third kappa shape index (κ3) is 6.09. The number of piperidine rings is 1. The lowest BCUT2D eigenvalue weighted by atomic mass is 9.83. The fourth-order valence-corrected chi connectivity index (χ4v) is 5.34. The minimum absolute atomic E-state index is 0.0438. The van der Waals surface area contributed by atoms with Crippen molar-refractivity contribution >= 4 is 17.3 Å². The third-order valence-electron chi connectivity index (χ3n) is 7.41. The molecule has 1 heterocycles. The lowest BCUT2D eigenvalue weighted by molar-refractivity contribution is -0.138. The molecular weight excluding hydrogens is 510 g/mol. The number of carbonyl (C=O) groups is 1. The van der Waals surface area contributed by atoms with Crippen molar-refractivity contribution in [2.45, 2.75) is 45.1 Å². The van der Waals surface area contributed by atoms with E-state index in [1.54, 1.807) is 24.0 Å². The minimum Gasteiger partial charge on any atom is -0.378 e. The van der Waals surface area contributed by atoms with Gasteiger partial charge >= 0.3 is 6.18 Å². The van der Waals surface area contributed by atoms with Gasteiger partial charge in [-0.05, 0) is 73.7 Å². The van der Waals surface area contributed by atoms with Crippen LogP contribution < -0.4 is 10.2 Å². The van der Waals surface area contributed by atoms with Crippen LogP contribution in [-0.2, 0) is 11.0 Å². The van der Waals surface area contributed by atoms with Crippen LogP contribution in [-0.4, -0.2) is 36.6 Å². The zero-order chi connectivity index (χ0) is 28.5. The van der Waals surface area contributed by atoms with Crippen LogP contribution in [0.4, 0.5) is 28.9 Å². The zero-order valence-electron chi connectivity index (χ0n) is 22.4. The normalized spacial score (nSPS) is 19.0. The van der Waals surface area contributed by atoms with E-state index in [2.05, 4.69) is 5.32 Å². The molecular formula is C30H33F4N3O2. The van der Waals surface area contributed by atoms with Gasteiger partial charge in [-0.25, -0.2) is 4.39 Å². The minimum atomic E-state index is -4.55. The highest BCUT2D eigenvalue weighted by Crippen LogP contribution is 2.42. The molecule has 0 radical (unpaired) electrons. The second-order valence-corrected chi connectivity index (χ2v) is 10.3. The van der Waals surface area contributed by atoms with Crippen molar-refractivity contribution in [3.8, 4) is 0 Å². The molecule has 1 fully saturated rings. The lowest BCUT2D eigenvalue weighted by Crippen LogP contribution is -2.45. The number of carbonyl (C=O) groups excluding carboxylic acids is 1. The van der Waals surface area contributed by atoms with Crippen LogP contribution in [0.25, 0.3) is 0 Å². The summed E-state index contributed by atoms with van der Waals surface area (Å²) in [6, 6.07) is 15.2. The van der Waals surface area contributed by atoms with Crippen molar-refractivity contribution in [2.75, 3.05) is 30.9 Å². The van der Waals surface area contributed by atoms with Crippen LogP contribution in [0, 0.1) is 25.6 Å². The molecule has 1 aliphatic heterocycles. The van der Waals surface area contributed by atoms with Crippen molar-refractivity contribution < 1.29 is 27.5 Å². The molecule has 1 saturated heterocycles. The Morgan fingerprint density at radius 3 is 2.36 bits per heavy atom. The average Bonchev–Trinajstić information content (AvgIpc) is 2.88. The Morgan fingerprint density at radius 1 is 1.05 bits per heavy atom. The number of hydrogen-bond acceptors (Lipinski definition) is 4. The van der Waals surface area contributed by atoms with E-state index < -0.39 is 41.7 Å². The number of aryl methyl sites for hydroxylation is 2. The predicted molar refractivity (Wildman–Crippen MR) is 144 cm³/mol. The maximum Gasteiger partial charge on any atom is 0.416 e. The molecule has 3 aromatic rings. The first-order chi connectivity index (χ1) is 18.4. The number of aliphatic hydroxyl groups is 1. The summed E-state index contributed by atoms with van der Waals surface area (Å²) in [5, 5.41) is 14.1. The fourth-order valence-electron chi connectivity index (χ4n) is 5.34. The number of halogens is 4. The van der Waals surface area contributed by atoms with Crippen LogP contribution in [0.2, 0.25) is 0 Å². The average molecular weight is 544 g/mol. The second-order valence-electron chi connectivity index (χ2n) is 10.3. The Labute approximate surface area is 226 Å². The van der Waals surface area contributed by atoms with Gasteiger partial charge in [0, 0.05) is 43.6 Å². The summed E-state index contributed by atoms with van der Waals surface area (Å²) in [5.74, 6) is -1.72. The van der Waals surface area contributed by atoms with E-state index in [1.807, 2.05) is 43.3 Å². The number of rotatable bonds is 6. The van der Waals surface area contributed by atoms with Crippen molar-refractivity contribution in [3.05, 3.63) is 94.3 Å². The molecule has 2 N–H and O–H groups in total. The molecule has 0 spiro atoms. The van der Waals surface area contributed by atoms with E-state index in [1.165, 1.54) is 25.1 Å². The van der Waals surface area contributed by atoms with Crippen LogP contribution in [0.15, 0.2) is 60.7 Å². The standard InChI is InChI=1S/C30H33F4N3O2/c1-18-10-13-21(17-24(18)30(32,33)34)35-28(38)23-8-6-16-37(29(39)26-19(2)7-5-9-25(26)31)27(23)20-11-14-22(15-12-20)36(3)4/h5,7,9-15,17,23,27,29,39H,6,8,16H2,1-4H3,(H,35,38)/t23?,27-,29?/m0/s1. The Kier molecular flexibility index (Phi) is 8.32. The number of nitrogens with one attached hydrogen (secondary N) is 1. The Morgan fingerprint density at radius 2 is 1.74 bits per heavy atom. The summed E-state index contributed by atoms with van der Waals surface area (Å²) in [5.41, 5.74) is 1.69. The monoisotopic (exact) mass is 543 g/mol. The van der Waals surface area contributed by atoms with Crippen molar-refractivity contribution in [2.24, 2.45) is 5.92 Å². The van der Waals surface area contributed by atoms with Crippen molar-refractivity contribution in [1.29, 1.82) is 0 Å². The summed E-state index contributed by atoms with van der Waals surface area (Å²) in [6.45, 7) is 3.49. The SMILES string of the molecule is Cc1ccc(NC(=O)C2CCCN(C(O)c3c(C)cccc3F)[C@H]2c2ccc(N(C)C)cc2)cc1C(F)(F)F. The van der Waals surface area contributed by atoms with E-state index in [0.29, 0.717) is 24.9 Å². The number of alkyl halides is 3. The van der Waals surface area contributed by atoms with Gasteiger partial charge in [0.15, 0.2) is 0 Å². The highest BCUT2D eigenvalue weighted by atomic mass is 19.4. The van der Waals surface area contributed by atoms with Crippen LogP contribution >= 0.6 is 0 Å². The Hall–Kier alpha value is -3.43. The summed E-state index contributed by atoms with van der Waals surface area (Å²) in [6.07, 6.45) is -4.89. The number of anilines is 2. The van der Waals surface area contributed by atoms with Gasteiger partial charge in [-0.3, -0.25) is 9.69 Å². The molecule has 0 bridgehead atoms. The molecule has 3 aromatic carbocycles. The smallest absolute Gasteiger partial charge is 0.378 e. The van der Waals surface area contributed by atoms with Crippen molar-refractivity contribution in [3.63, 3.8) is 0 Å². The first kappa shape index (κ1) is 28.6. The van der Waals surface area contributed by atoms with Crippen LogP contribution in [0.1, 0.15) is 52.9 Å². The molecule has 1 aliphatic rings. The lowest BCUT2D eigenvalue weighted by Gasteiger charge is -2.43. The fraction of sp³-hybridized carbons (Fsp3) is 0.367. The number of amides is 1. The number of hydrogen-bond donors (Lipinski definition) is 2. The molecule has 4 rings (SSSR count). The van der Waals surface area contributed by atoms with Gasteiger partial charge in [-0.1, -0.05) is 30.3 Å². The van der Waals surface area contributed by atoms with Crippen LogP contribution in [0.5, 0.6) is 0 Å². The topological polar surface area (TPSA) is 55.8 Å². The van der Waals surface area contributed by atoms with E-state index in [-0.39, 0.29) is 16.8 Å². The Bertz CT molecular complexity index is 1300. The third-order valence-corrected chi connectivity index (χ3v) is 7.41. The predicted octanol–water partition coefficient (Wildman–Crippen LogP) is 6.61. The maximum atomic E-state index is 14.9. The van der Waals surface area contributed by atoms with Gasteiger partial charge in [-0.15, -0.1) is 0 Å². The number of aliphatic hydroxyl groups excluding tert-OH is 1. The maximum absolute atomic E-state index is 14.9. The molecule has 39 heavy (non-hydrogen) atoms. The highest BCUT2D eigenvalue weighted by Gasteiger charge is 2.41. The molecule has 1 amide bonds. The van der Waals surface area contributed by atoms with E-state index in [0.717, 1.165) is 17.3 Å². The summed E-state index contributed by atoms with van der Waals surface area (Å²) in [4.78, 5) is 17.3. The number of nitrogens with zero attached hydrogens (tertiary/aromatic N) is 2. The molecule has 0 aromatic heterocycles. The molecule has 2 unspecified atom stereocenters. The molecule has 3 atom stereocenters. The van der Waals surface area contributed by atoms with Gasteiger partial charge in [0.05, 0.1) is 11.5 Å². The van der Waals surface area contributed by atoms with E-state index in [9.17, 15) is 27.5 Å². The first-order valence-corrected chi connectivity index (χ1v) is 12.8. The number of benzene rings is 3. The van der Waals surface area contributed by atoms with E-state index >= 15 is 0 Å². The quantitative estimate of drug-likeness (QED) is 0.344. The van der Waals surface area contributed by atoms with Gasteiger partial charge in [0.2, 0.25) is 5.91 Å². The molecule has 9 heteroatoms. The highest BCUT2D eigenvalue weighted by molar-refractivity contribution is 5.93. The molecule has 208 valence electrons. The molecule has 5 nitrogen and oxygen atoms in total. The molecule has 0 saturated carbocycles.